The van der Waals surface area contributed by atoms with Gasteiger partial charge in [0.15, 0.2) is 0 Å². The first-order chi connectivity index (χ1) is 7.83. The molecule has 4 nitrogen and oxygen atoms in total. The smallest absolute Gasteiger partial charge is 0.307 e. The monoisotopic (exact) mass is 222 g/mol. The molecule has 1 N–H and O–H groups in total. The van der Waals surface area contributed by atoms with Crippen molar-refractivity contribution in [3.05, 3.63) is 24.4 Å². The Kier molecular flexibility index (Phi) is 5.99. The van der Waals surface area contributed by atoms with E-state index in [4.69, 9.17) is 4.74 Å². The lowest BCUT2D eigenvalue weighted by molar-refractivity contribution is -0.143. The molecule has 16 heavy (non-hydrogen) atoms. The van der Waals surface area contributed by atoms with Crippen LogP contribution in [-0.2, 0) is 9.53 Å². The second-order valence-corrected chi connectivity index (χ2v) is 3.47. The minimum absolute atomic E-state index is 0.156. The van der Waals surface area contributed by atoms with Gasteiger partial charge in [-0.05, 0) is 18.6 Å². The molecule has 0 aliphatic rings. The van der Waals surface area contributed by atoms with Crippen LogP contribution in [0.25, 0.3) is 0 Å². The summed E-state index contributed by atoms with van der Waals surface area (Å²) in [6, 6.07) is 5.61. The molecular weight excluding hydrogens is 204 g/mol. The third-order valence-electron chi connectivity index (χ3n) is 2.06. The van der Waals surface area contributed by atoms with E-state index in [0.29, 0.717) is 19.6 Å². The molecule has 0 spiro atoms. The van der Waals surface area contributed by atoms with Gasteiger partial charge in [-0.2, -0.15) is 0 Å². The van der Waals surface area contributed by atoms with Crippen molar-refractivity contribution < 1.29 is 9.53 Å². The first kappa shape index (κ1) is 12.5. The highest BCUT2D eigenvalue weighted by atomic mass is 16.5. The zero-order valence-electron chi connectivity index (χ0n) is 9.61. The van der Waals surface area contributed by atoms with E-state index in [-0.39, 0.29) is 5.97 Å². The van der Waals surface area contributed by atoms with Gasteiger partial charge in [0.25, 0.3) is 0 Å². The zero-order chi connectivity index (χ0) is 11.6. The molecule has 0 aliphatic heterocycles. The van der Waals surface area contributed by atoms with Gasteiger partial charge in [0.05, 0.1) is 13.0 Å². The van der Waals surface area contributed by atoms with Crippen LogP contribution in [0.4, 0.5) is 5.82 Å². The maximum absolute atomic E-state index is 11.2. The molecule has 1 rings (SSSR count). The number of nitrogens with one attached hydrogen (secondary N) is 1. The maximum Gasteiger partial charge on any atom is 0.307 e. The molecule has 0 saturated heterocycles. The van der Waals surface area contributed by atoms with Crippen molar-refractivity contribution in [3.63, 3.8) is 0 Å². The zero-order valence-corrected chi connectivity index (χ0v) is 9.61. The van der Waals surface area contributed by atoms with Crippen molar-refractivity contribution in [1.29, 1.82) is 0 Å². The number of esters is 1. The van der Waals surface area contributed by atoms with Crippen molar-refractivity contribution >= 4 is 11.8 Å². The normalized spacial score (nSPS) is 9.81. The Balaban J connectivity index is 2.09. The van der Waals surface area contributed by atoms with Crippen LogP contribution in [0, 0.1) is 0 Å². The fraction of sp³-hybridized carbons (Fsp3) is 0.500. The van der Waals surface area contributed by atoms with Gasteiger partial charge >= 0.3 is 5.97 Å². The predicted octanol–water partition coefficient (Wildman–Crippen LogP) is 2.23. The van der Waals surface area contributed by atoms with Crippen LogP contribution in [-0.4, -0.2) is 24.1 Å². The average Bonchev–Trinajstić information content (AvgIpc) is 2.31. The number of carbonyl (C=O) groups is 1. The van der Waals surface area contributed by atoms with Gasteiger partial charge in [-0.1, -0.05) is 19.4 Å². The third-order valence-corrected chi connectivity index (χ3v) is 2.06. The maximum atomic E-state index is 11.2. The van der Waals surface area contributed by atoms with E-state index in [9.17, 15) is 4.79 Å². The number of nitrogens with zero attached hydrogens (tertiary/aromatic N) is 1. The fourth-order valence-electron chi connectivity index (χ4n) is 1.16. The lowest BCUT2D eigenvalue weighted by Crippen LogP contribution is -2.12. The van der Waals surface area contributed by atoms with Gasteiger partial charge in [-0.25, -0.2) is 4.98 Å². The Morgan fingerprint density at radius 2 is 2.38 bits per heavy atom. The van der Waals surface area contributed by atoms with E-state index in [1.807, 2.05) is 18.2 Å². The number of rotatable bonds is 7. The van der Waals surface area contributed by atoms with Gasteiger partial charge in [0.1, 0.15) is 5.82 Å². The summed E-state index contributed by atoms with van der Waals surface area (Å²) < 4.78 is 5.02. The average molecular weight is 222 g/mol. The van der Waals surface area contributed by atoms with Crippen molar-refractivity contribution in [2.75, 3.05) is 18.5 Å². The molecule has 1 aromatic heterocycles. The number of hydrogen-bond acceptors (Lipinski definition) is 4. The molecule has 1 aromatic rings. The third kappa shape index (κ3) is 5.34. The molecule has 0 atom stereocenters. The van der Waals surface area contributed by atoms with Crippen molar-refractivity contribution in [1.82, 2.24) is 4.98 Å². The van der Waals surface area contributed by atoms with Crippen molar-refractivity contribution in [2.24, 2.45) is 0 Å². The van der Waals surface area contributed by atoms with Gasteiger partial charge in [-0.15, -0.1) is 0 Å². The van der Waals surface area contributed by atoms with E-state index < -0.39 is 0 Å². The summed E-state index contributed by atoms with van der Waals surface area (Å²) in [5, 5.41) is 3.05. The second kappa shape index (κ2) is 7.68. The molecule has 0 saturated carbocycles. The summed E-state index contributed by atoms with van der Waals surface area (Å²) in [7, 11) is 0. The van der Waals surface area contributed by atoms with Gasteiger partial charge < -0.3 is 10.1 Å². The number of pyridine rings is 1. The standard InChI is InChI=1S/C12H18N2O2/c1-2-3-10-16-12(15)7-9-14-11-6-4-5-8-13-11/h4-6,8H,2-3,7,9-10H2,1H3,(H,13,14). The van der Waals surface area contributed by atoms with E-state index in [2.05, 4.69) is 17.2 Å². The van der Waals surface area contributed by atoms with Crippen LogP contribution < -0.4 is 5.32 Å². The van der Waals surface area contributed by atoms with E-state index in [0.717, 1.165) is 18.7 Å². The summed E-state index contributed by atoms with van der Waals surface area (Å²) in [6.07, 6.45) is 4.06. The van der Waals surface area contributed by atoms with Crippen LogP contribution in [0.15, 0.2) is 24.4 Å². The van der Waals surface area contributed by atoms with Crippen LogP contribution >= 0.6 is 0 Å². The van der Waals surface area contributed by atoms with Gasteiger partial charge in [0.2, 0.25) is 0 Å². The topological polar surface area (TPSA) is 51.2 Å². The summed E-state index contributed by atoms with van der Waals surface area (Å²) in [4.78, 5) is 15.3. The molecule has 0 bridgehead atoms. The first-order valence-electron chi connectivity index (χ1n) is 5.63. The summed E-state index contributed by atoms with van der Waals surface area (Å²) >= 11 is 0. The van der Waals surface area contributed by atoms with Crippen LogP contribution in [0.1, 0.15) is 26.2 Å². The van der Waals surface area contributed by atoms with Crippen LogP contribution in [0.3, 0.4) is 0 Å². The summed E-state index contributed by atoms with van der Waals surface area (Å²) in [5.74, 6) is 0.626. The number of anilines is 1. The van der Waals surface area contributed by atoms with E-state index in [1.54, 1.807) is 6.20 Å². The Morgan fingerprint density at radius 1 is 1.50 bits per heavy atom. The molecular formula is C12H18N2O2. The van der Waals surface area contributed by atoms with Crippen molar-refractivity contribution in [3.8, 4) is 0 Å². The molecule has 0 aliphatic carbocycles. The molecule has 88 valence electrons. The van der Waals surface area contributed by atoms with E-state index in [1.165, 1.54) is 0 Å². The molecule has 0 aromatic carbocycles. The highest BCUT2D eigenvalue weighted by Crippen LogP contribution is 2.00. The predicted molar refractivity (Wildman–Crippen MR) is 63.2 cm³/mol. The summed E-state index contributed by atoms with van der Waals surface area (Å²) in [6.45, 7) is 3.15. The number of unbranched alkanes of at least 4 members (excludes halogenated alkanes) is 1. The van der Waals surface area contributed by atoms with E-state index >= 15 is 0 Å². The largest absolute Gasteiger partial charge is 0.466 e. The quantitative estimate of drug-likeness (QED) is 0.567. The van der Waals surface area contributed by atoms with Gasteiger partial charge in [-0.3, -0.25) is 4.79 Å². The fourth-order valence-corrected chi connectivity index (χ4v) is 1.16. The molecule has 4 heteroatoms. The number of carbonyl (C=O) groups excluding carboxylic acids is 1. The molecule has 0 amide bonds. The molecule has 0 radical (unpaired) electrons. The first-order valence-corrected chi connectivity index (χ1v) is 5.63. The lowest BCUT2D eigenvalue weighted by Gasteiger charge is -2.05. The number of hydrogen-bond donors (Lipinski definition) is 1. The Morgan fingerprint density at radius 3 is 3.06 bits per heavy atom. The van der Waals surface area contributed by atoms with Crippen molar-refractivity contribution in [2.45, 2.75) is 26.2 Å². The van der Waals surface area contributed by atoms with Gasteiger partial charge in [0, 0.05) is 12.7 Å². The molecule has 0 fully saturated rings. The highest BCUT2D eigenvalue weighted by molar-refractivity contribution is 5.69. The minimum Gasteiger partial charge on any atom is -0.466 e. The Bertz CT molecular complexity index is 301. The number of ether oxygens (including phenoxy) is 1. The van der Waals surface area contributed by atoms with Crippen LogP contribution in [0.5, 0.6) is 0 Å². The second-order valence-electron chi connectivity index (χ2n) is 3.47. The Hall–Kier alpha value is -1.58. The molecule has 0 unspecified atom stereocenters. The highest BCUT2D eigenvalue weighted by Gasteiger charge is 2.01. The number of aromatic nitrogens is 1. The minimum atomic E-state index is -0.156. The lowest BCUT2D eigenvalue weighted by atomic mass is 10.3. The summed E-state index contributed by atoms with van der Waals surface area (Å²) in [5.41, 5.74) is 0. The molecule has 1 heterocycles. The SMILES string of the molecule is CCCCOC(=O)CCNc1ccccn1. The van der Waals surface area contributed by atoms with Crippen LogP contribution in [0.2, 0.25) is 0 Å². The Labute approximate surface area is 96.0 Å².